The molecule has 23 heavy (non-hydrogen) atoms. The second kappa shape index (κ2) is 8.86. The third kappa shape index (κ3) is 7.45. The van der Waals surface area contributed by atoms with E-state index in [4.69, 9.17) is 4.74 Å². The first kappa shape index (κ1) is 19.4. The van der Waals surface area contributed by atoms with E-state index in [-0.39, 0.29) is 12.3 Å². The van der Waals surface area contributed by atoms with Crippen LogP contribution in [0.15, 0.2) is 9.98 Å². The minimum absolute atomic E-state index is 0.176. The average molecular weight is 325 g/mol. The molecule has 7 nitrogen and oxygen atoms in total. The molecule has 1 atom stereocenters. The maximum atomic E-state index is 11.9. The summed E-state index contributed by atoms with van der Waals surface area (Å²) < 4.78 is 5.35. The molecule has 0 aromatic carbocycles. The van der Waals surface area contributed by atoms with Crippen LogP contribution in [0.3, 0.4) is 0 Å². The summed E-state index contributed by atoms with van der Waals surface area (Å²) in [4.78, 5) is 24.2. The van der Waals surface area contributed by atoms with Crippen LogP contribution in [0, 0.1) is 0 Å². The van der Waals surface area contributed by atoms with E-state index in [0.29, 0.717) is 13.2 Å². The number of carbonyl (C=O) groups excluding carboxylic acids is 1. The average Bonchev–Trinajstić information content (AvgIpc) is 2.94. The smallest absolute Gasteiger partial charge is 0.410 e. The van der Waals surface area contributed by atoms with Crippen LogP contribution in [-0.2, 0) is 4.74 Å². The number of hydrogen-bond acceptors (Lipinski definition) is 6. The minimum atomic E-state index is -0.456. The molecule has 1 aliphatic heterocycles. The van der Waals surface area contributed by atoms with Crippen molar-refractivity contribution >= 4 is 18.1 Å². The van der Waals surface area contributed by atoms with Gasteiger partial charge in [-0.3, -0.25) is 9.89 Å². The third-order valence-corrected chi connectivity index (χ3v) is 3.49. The summed E-state index contributed by atoms with van der Waals surface area (Å²) in [6.45, 7) is 12.9. The van der Waals surface area contributed by atoms with E-state index >= 15 is 0 Å². The Kier molecular flexibility index (Phi) is 7.48. The molecule has 0 bridgehead atoms. The molecular weight excluding hydrogens is 294 g/mol. The number of ether oxygens (including phenoxy) is 1. The Morgan fingerprint density at radius 3 is 2.65 bits per heavy atom. The van der Waals surface area contributed by atoms with E-state index in [1.165, 1.54) is 0 Å². The molecule has 0 saturated heterocycles. The zero-order chi connectivity index (χ0) is 17.5. The van der Waals surface area contributed by atoms with Crippen LogP contribution in [0.4, 0.5) is 4.79 Å². The number of hydrogen-bond donors (Lipinski definition) is 1. The first-order valence-electron chi connectivity index (χ1n) is 8.22. The standard InChI is InChI=1S/C16H31N5O2/c1-7-21(13(2)19-14-11-17-12-18-14)10-8-9-20(6)15(22)23-16(3,4)5/h11,13H,7-10,12H2,1-6H3,(H,18,19). The summed E-state index contributed by atoms with van der Waals surface area (Å²) in [6.07, 6.45) is 2.55. The molecule has 0 saturated carbocycles. The Bertz CT molecular complexity index is 442. The predicted molar refractivity (Wildman–Crippen MR) is 94.1 cm³/mol. The van der Waals surface area contributed by atoms with Crippen LogP contribution in [0.2, 0.25) is 0 Å². The Morgan fingerprint density at radius 2 is 2.13 bits per heavy atom. The predicted octanol–water partition coefficient (Wildman–Crippen LogP) is 1.94. The summed E-state index contributed by atoms with van der Waals surface area (Å²) >= 11 is 0. The van der Waals surface area contributed by atoms with Gasteiger partial charge in [0.25, 0.3) is 0 Å². The molecule has 1 unspecified atom stereocenters. The van der Waals surface area contributed by atoms with Crippen molar-refractivity contribution in [1.82, 2.24) is 15.1 Å². The van der Waals surface area contributed by atoms with Crippen LogP contribution in [-0.4, -0.2) is 73.1 Å². The Labute approximate surface area is 139 Å². The first-order chi connectivity index (χ1) is 10.7. The molecule has 1 N–H and O–H groups in total. The van der Waals surface area contributed by atoms with Gasteiger partial charge < -0.3 is 15.0 Å². The number of nitrogens with zero attached hydrogens (tertiary/aromatic N) is 4. The van der Waals surface area contributed by atoms with E-state index in [2.05, 4.69) is 34.0 Å². The topological polar surface area (TPSA) is 69.5 Å². The number of amidine groups is 1. The van der Waals surface area contributed by atoms with Crippen LogP contribution in [0.1, 0.15) is 41.0 Å². The lowest BCUT2D eigenvalue weighted by Gasteiger charge is -2.30. The van der Waals surface area contributed by atoms with Gasteiger partial charge in [0, 0.05) is 20.1 Å². The molecule has 0 aromatic rings. The van der Waals surface area contributed by atoms with Gasteiger partial charge in [-0.15, -0.1) is 0 Å². The highest BCUT2D eigenvalue weighted by atomic mass is 16.6. The number of nitrogens with one attached hydrogen (secondary N) is 1. The number of amides is 1. The molecule has 0 aliphatic carbocycles. The van der Waals surface area contributed by atoms with E-state index in [0.717, 1.165) is 25.3 Å². The van der Waals surface area contributed by atoms with Gasteiger partial charge in [-0.05, 0) is 40.7 Å². The summed E-state index contributed by atoms with van der Waals surface area (Å²) in [7, 11) is 1.77. The van der Waals surface area contributed by atoms with Gasteiger partial charge in [-0.25, -0.2) is 9.79 Å². The zero-order valence-corrected chi connectivity index (χ0v) is 15.3. The molecule has 0 radical (unpaired) electrons. The largest absolute Gasteiger partial charge is 0.444 e. The SMILES string of the molecule is CCN(CCCN(C)C(=O)OC(C)(C)C)C(C)NC1=NCN=C1. The molecular formula is C16H31N5O2. The van der Waals surface area contributed by atoms with Crippen molar-refractivity contribution in [1.29, 1.82) is 0 Å². The maximum absolute atomic E-state index is 11.9. The molecule has 0 aromatic heterocycles. The van der Waals surface area contributed by atoms with Gasteiger partial charge in [0.1, 0.15) is 18.1 Å². The maximum Gasteiger partial charge on any atom is 0.410 e. The highest BCUT2D eigenvalue weighted by Gasteiger charge is 2.20. The monoisotopic (exact) mass is 325 g/mol. The minimum Gasteiger partial charge on any atom is -0.444 e. The molecule has 132 valence electrons. The van der Waals surface area contributed by atoms with E-state index in [1.807, 2.05) is 20.8 Å². The van der Waals surface area contributed by atoms with Crippen molar-refractivity contribution in [2.45, 2.75) is 52.8 Å². The molecule has 7 heteroatoms. The molecule has 1 heterocycles. The fourth-order valence-corrected chi connectivity index (χ4v) is 2.24. The molecule has 1 amide bonds. The van der Waals surface area contributed by atoms with Gasteiger partial charge >= 0.3 is 6.09 Å². The lowest BCUT2D eigenvalue weighted by molar-refractivity contribution is 0.0291. The first-order valence-corrected chi connectivity index (χ1v) is 8.22. The van der Waals surface area contributed by atoms with Gasteiger partial charge in [0.15, 0.2) is 0 Å². The van der Waals surface area contributed by atoms with Crippen molar-refractivity contribution in [3.05, 3.63) is 0 Å². The summed E-state index contributed by atoms with van der Waals surface area (Å²) in [5.41, 5.74) is -0.456. The lowest BCUT2D eigenvalue weighted by atomic mass is 10.2. The van der Waals surface area contributed by atoms with Gasteiger partial charge in [0.05, 0.1) is 12.4 Å². The van der Waals surface area contributed by atoms with Gasteiger partial charge in [0.2, 0.25) is 0 Å². The number of aliphatic imine (C=N–C) groups is 2. The van der Waals surface area contributed by atoms with Crippen LogP contribution in [0.5, 0.6) is 0 Å². The second-order valence-electron chi connectivity index (χ2n) is 6.70. The summed E-state index contributed by atoms with van der Waals surface area (Å²) in [6, 6.07) is 0. The van der Waals surface area contributed by atoms with Crippen LogP contribution in [0.25, 0.3) is 0 Å². The van der Waals surface area contributed by atoms with E-state index < -0.39 is 5.60 Å². The van der Waals surface area contributed by atoms with Crippen molar-refractivity contribution in [3.63, 3.8) is 0 Å². The Morgan fingerprint density at radius 1 is 1.43 bits per heavy atom. The summed E-state index contributed by atoms with van der Waals surface area (Å²) in [5.74, 6) is 0.835. The molecule has 0 spiro atoms. The highest BCUT2D eigenvalue weighted by Crippen LogP contribution is 2.09. The van der Waals surface area contributed by atoms with Crippen LogP contribution < -0.4 is 5.32 Å². The van der Waals surface area contributed by atoms with Crippen molar-refractivity contribution in [2.75, 3.05) is 33.4 Å². The van der Waals surface area contributed by atoms with Gasteiger partial charge in [-0.2, -0.15) is 0 Å². The van der Waals surface area contributed by atoms with E-state index in [1.54, 1.807) is 18.2 Å². The number of carbonyl (C=O) groups is 1. The quantitative estimate of drug-likeness (QED) is 0.726. The molecule has 1 rings (SSSR count). The van der Waals surface area contributed by atoms with Crippen molar-refractivity contribution in [3.8, 4) is 0 Å². The lowest BCUT2D eigenvalue weighted by Crippen LogP contribution is -2.47. The fourth-order valence-electron chi connectivity index (χ4n) is 2.24. The Balaban J connectivity index is 2.33. The second-order valence-corrected chi connectivity index (χ2v) is 6.70. The highest BCUT2D eigenvalue weighted by molar-refractivity contribution is 6.30. The molecule has 0 fully saturated rings. The molecule has 1 aliphatic rings. The van der Waals surface area contributed by atoms with E-state index in [9.17, 15) is 4.79 Å². The van der Waals surface area contributed by atoms with Crippen LogP contribution >= 0.6 is 0 Å². The third-order valence-electron chi connectivity index (χ3n) is 3.49. The van der Waals surface area contributed by atoms with Gasteiger partial charge in [-0.1, -0.05) is 6.92 Å². The summed E-state index contributed by atoms with van der Waals surface area (Å²) in [5, 5.41) is 3.34. The normalized spacial score (nSPS) is 15.5. The number of rotatable bonds is 7. The Hall–Kier alpha value is -1.63. The van der Waals surface area contributed by atoms with Crippen molar-refractivity contribution in [2.24, 2.45) is 9.98 Å². The zero-order valence-electron chi connectivity index (χ0n) is 15.3. The van der Waals surface area contributed by atoms with Crippen molar-refractivity contribution < 1.29 is 9.53 Å². The fraction of sp³-hybridized carbons (Fsp3) is 0.812.